The highest BCUT2D eigenvalue weighted by atomic mass is 16.5. The van der Waals surface area contributed by atoms with Gasteiger partial charge < -0.3 is 24.2 Å². The molecule has 7 heteroatoms. The Bertz CT molecular complexity index is 840. The van der Waals surface area contributed by atoms with Crippen LogP contribution >= 0.6 is 0 Å². The lowest BCUT2D eigenvalue weighted by molar-refractivity contribution is -0.151. The van der Waals surface area contributed by atoms with Gasteiger partial charge >= 0.3 is 5.97 Å². The average molecular weight is 399 g/mol. The number of methoxy groups -OCH3 is 1. The van der Waals surface area contributed by atoms with Gasteiger partial charge in [-0.3, -0.25) is 9.59 Å². The van der Waals surface area contributed by atoms with E-state index in [4.69, 9.17) is 14.2 Å². The molecule has 2 aromatic carbocycles. The first-order chi connectivity index (χ1) is 14.0. The highest BCUT2D eigenvalue weighted by molar-refractivity contribution is 5.81. The summed E-state index contributed by atoms with van der Waals surface area (Å²) in [6.07, 6.45) is 0.360. The fourth-order valence-corrected chi connectivity index (χ4v) is 3.37. The number of hydrogen-bond donors (Lipinski definition) is 1. The van der Waals surface area contributed by atoms with Gasteiger partial charge in [-0.2, -0.15) is 0 Å². The van der Waals surface area contributed by atoms with Crippen molar-refractivity contribution < 1.29 is 28.9 Å². The molecule has 2 aromatic rings. The molecule has 1 aliphatic rings. The second-order valence-electron chi connectivity index (χ2n) is 7.09. The van der Waals surface area contributed by atoms with Gasteiger partial charge in [0.25, 0.3) is 5.91 Å². The summed E-state index contributed by atoms with van der Waals surface area (Å²) in [4.78, 5) is 25.7. The number of para-hydroxylation sites is 2. The molecule has 3 rings (SSSR count). The second kappa shape index (κ2) is 9.43. The van der Waals surface area contributed by atoms with E-state index in [1.54, 1.807) is 18.2 Å². The molecule has 29 heavy (non-hydrogen) atoms. The van der Waals surface area contributed by atoms with Crippen molar-refractivity contribution in [3.8, 4) is 11.5 Å². The number of carboxylic acid groups (broad SMARTS) is 1. The van der Waals surface area contributed by atoms with Gasteiger partial charge in [-0.05, 0) is 24.1 Å². The Morgan fingerprint density at radius 3 is 2.34 bits per heavy atom. The number of benzene rings is 2. The lowest BCUT2D eigenvalue weighted by atomic mass is 9.88. The Balaban J connectivity index is 1.57. The maximum absolute atomic E-state index is 12.6. The fraction of sp³-hybridized carbons (Fsp3) is 0.364. The summed E-state index contributed by atoms with van der Waals surface area (Å²) < 4.78 is 16.6. The van der Waals surface area contributed by atoms with Crippen molar-refractivity contribution in [2.75, 3.05) is 33.4 Å². The SMILES string of the molecule is COCC1(C(=O)O)CCN(C(=O)COc2ccccc2OCc2ccccc2)C1. The van der Waals surface area contributed by atoms with Crippen LogP contribution in [0.3, 0.4) is 0 Å². The van der Waals surface area contributed by atoms with Gasteiger partial charge in [-0.1, -0.05) is 42.5 Å². The van der Waals surface area contributed by atoms with Crippen LogP contribution in [0.2, 0.25) is 0 Å². The quantitative estimate of drug-likeness (QED) is 0.698. The van der Waals surface area contributed by atoms with E-state index in [1.807, 2.05) is 36.4 Å². The normalized spacial score (nSPS) is 18.4. The van der Waals surface area contributed by atoms with Crippen LogP contribution in [0, 0.1) is 5.41 Å². The first-order valence-corrected chi connectivity index (χ1v) is 9.43. The molecule has 0 radical (unpaired) electrons. The lowest BCUT2D eigenvalue weighted by Crippen LogP contribution is -2.41. The van der Waals surface area contributed by atoms with Gasteiger partial charge in [0.1, 0.15) is 12.0 Å². The number of carboxylic acids is 1. The van der Waals surface area contributed by atoms with Gasteiger partial charge in [-0.25, -0.2) is 0 Å². The number of nitrogens with zero attached hydrogens (tertiary/aromatic N) is 1. The van der Waals surface area contributed by atoms with Crippen molar-refractivity contribution in [1.29, 1.82) is 0 Å². The number of likely N-dealkylation sites (tertiary alicyclic amines) is 1. The summed E-state index contributed by atoms with van der Waals surface area (Å²) in [5.41, 5.74) is -0.0280. The third-order valence-corrected chi connectivity index (χ3v) is 5.02. The van der Waals surface area contributed by atoms with E-state index in [0.29, 0.717) is 31.1 Å². The van der Waals surface area contributed by atoms with Crippen molar-refractivity contribution in [3.63, 3.8) is 0 Å². The molecule has 1 N–H and O–H groups in total. The van der Waals surface area contributed by atoms with Crippen molar-refractivity contribution in [2.45, 2.75) is 13.0 Å². The fourth-order valence-electron chi connectivity index (χ4n) is 3.37. The van der Waals surface area contributed by atoms with Crippen LogP contribution in [0.15, 0.2) is 54.6 Å². The Morgan fingerprint density at radius 1 is 1.03 bits per heavy atom. The van der Waals surface area contributed by atoms with Crippen molar-refractivity contribution in [3.05, 3.63) is 60.2 Å². The molecule has 1 heterocycles. The van der Waals surface area contributed by atoms with E-state index >= 15 is 0 Å². The molecule has 1 unspecified atom stereocenters. The Kier molecular flexibility index (Phi) is 6.72. The number of amides is 1. The maximum Gasteiger partial charge on any atom is 0.313 e. The summed E-state index contributed by atoms with van der Waals surface area (Å²) in [7, 11) is 1.46. The van der Waals surface area contributed by atoms with E-state index in [0.717, 1.165) is 5.56 Å². The third-order valence-electron chi connectivity index (χ3n) is 5.02. The Hall–Kier alpha value is -3.06. The topological polar surface area (TPSA) is 85.3 Å². The smallest absolute Gasteiger partial charge is 0.313 e. The van der Waals surface area contributed by atoms with Crippen LogP contribution in [0.4, 0.5) is 0 Å². The summed E-state index contributed by atoms with van der Waals surface area (Å²) >= 11 is 0. The molecule has 1 atom stereocenters. The van der Waals surface area contributed by atoms with E-state index in [2.05, 4.69) is 0 Å². The Morgan fingerprint density at radius 2 is 1.69 bits per heavy atom. The second-order valence-corrected chi connectivity index (χ2v) is 7.09. The van der Waals surface area contributed by atoms with Crippen molar-refractivity contribution in [2.24, 2.45) is 5.41 Å². The zero-order valence-corrected chi connectivity index (χ0v) is 16.4. The van der Waals surface area contributed by atoms with Crippen LogP contribution in [-0.4, -0.2) is 55.3 Å². The van der Waals surface area contributed by atoms with Gasteiger partial charge in [0.15, 0.2) is 18.1 Å². The highest BCUT2D eigenvalue weighted by Gasteiger charge is 2.46. The summed E-state index contributed by atoms with van der Waals surface area (Å²) in [6, 6.07) is 16.9. The van der Waals surface area contributed by atoms with E-state index in [9.17, 15) is 14.7 Å². The molecule has 0 aromatic heterocycles. The van der Waals surface area contributed by atoms with Crippen LogP contribution in [-0.2, 0) is 20.9 Å². The number of carbonyl (C=O) groups excluding carboxylic acids is 1. The summed E-state index contributed by atoms with van der Waals surface area (Å²) in [5, 5.41) is 9.53. The van der Waals surface area contributed by atoms with Crippen LogP contribution in [0.5, 0.6) is 11.5 Å². The summed E-state index contributed by atoms with van der Waals surface area (Å²) in [6.45, 7) is 0.755. The number of aliphatic carboxylic acids is 1. The highest BCUT2D eigenvalue weighted by Crippen LogP contribution is 2.32. The molecule has 1 fully saturated rings. The molecular weight excluding hydrogens is 374 g/mol. The molecule has 1 saturated heterocycles. The number of carbonyl (C=O) groups is 2. The van der Waals surface area contributed by atoms with Crippen LogP contribution in [0.1, 0.15) is 12.0 Å². The molecule has 0 bridgehead atoms. The predicted octanol–water partition coefficient (Wildman–Crippen LogP) is 2.59. The molecular formula is C22H25NO6. The molecule has 154 valence electrons. The monoisotopic (exact) mass is 399 g/mol. The predicted molar refractivity (Wildman–Crippen MR) is 106 cm³/mol. The van der Waals surface area contributed by atoms with Crippen molar-refractivity contribution in [1.82, 2.24) is 4.90 Å². The maximum atomic E-state index is 12.6. The third kappa shape index (κ3) is 5.06. The minimum atomic E-state index is -1.05. The molecule has 0 aliphatic carbocycles. The number of rotatable bonds is 9. The summed E-state index contributed by atoms with van der Waals surface area (Å²) in [5.74, 6) is -0.195. The van der Waals surface area contributed by atoms with E-state index < -0.39 is 11.4 Å². The molecule has 7 nitrogen and oxygen atoms in total. The molecule has 0 spiro atoms. The van der Waals surface area contributed by atoms with Gasteiger partial charge in [0, 0.05) is 20.2 Å². The minimum absolute atomic E-state index is 0.0725. The first-order valence-electron chi connectivity index (χ1n) is 9.43. The Labute approximate surface area is 169 Å². The van der Waals surface area contributed by atoms with Gasteiger partial charge in [0.05, 0.1) is 6.61 Å². The van der Waals surface area contributed by atoms with E-state index in [-0.39, 0.29) is 25.7 Å². The standard InChI is InChI=1S/C22H25NO6/c1-27-16-22(21(25)26)11-12-23(15-22)20(24)14-29-19-10-6-5-9-18(19)28-13-17-7-3-2-4-8-17/h2-10H,11-16H2,1H3,(H,25,26). The minimum Gasteiger partial charge on any atom is -0.485 e. The van der Waals surface area contributed by atoms with Crippen LogP contribution in [0.25, 0.3) is 0 Å². The molecule has 1 aliphatic heterocycles. The lowest BCUT2D eigenvalue weighted by Gasteiger charge is -2.24. The molecule has 0 saturated carbocycles. The average Bonchev–Trinajstić information content (AvgIpc) is 3.18. The zero-order valence-electron chi connectivity index (χ0n) is 16.4. The molecule has 1 amide bonds. The van der Waals surface area contributed by atoms with Crippen molar-refractivity contribution >= 4 is 11.9 Å². The first kappa shape index (κ1) is 20.7. The number of ether oxygens (including phenoxy) is 3. The van der Waals surface area contributed by atoms with Crippen LogP contribution < -0.4 is 9.47 Å². The van der Waals surface area contributed by atoms with E-state index in [1.165, 1.54) is 12.0 Å². The largest absolute Gasteiger partial charge is 0.485 e. The zero-order chi connectivity index (χ0) is 20.7. The van der Waals surface area contributed by atoms with Gasteiger partial charge in [-0.15, -0.1) is 0 Å². The van der Waals surface area contributed by atoms with Gasteiger partial charge in [0.2, 0.25) is 0 Å². The number of hydrogen-bond acceptors (Lipinski definition) is 5.